The number of benzene rings is 1. The first-order valence-electron chi connectivity index (χ1n) is 8.25. The fourth-order valence-corrected chi connectivity index (χ4v) is 2.40. The lowest BCUT2D eigenvalue weighted by atomic mass is 10.1. The third-order valence-corrected chi connectivity index (χ3v) is 3.80. The van der Waals surface area contributed by atoms with Crippen LogP contribution in [0.5, 0.6) is 5.75 Å². The van der Waals surface area contributed by atoms with E-state index in [0.29, 0.717) is 11.3 Å². The molecule has 2 amide bonds. The molecule has 0 aliphatic heterocycles. The summed E-state index contributed by atoms with van der Waals surface area (Å²) in [6.07, 6.45) is 2.30. The molecule has 3 rings (SSSR count). The van der Waals surface area contributed by atoms with Crippen LogP contribution < -0.4 is 15.4 Å². The van der Waals surface area contributed by atoms with Crippen LogP contribution >= 0.6 is 0 Å². The Labute approximate surface area is 156 Å². The first-order valence-corrected chi connectivity index (χ1v) is 8.25. The predicted octanol–water partition coefficient (Wildman–Crippen LogP) is 2.34. The van der Waals surface area contributed by atoms with Gasteiger partial charge in [-0.25, -0.2) is 0 Å². The van der Waals surface area contributed by atoms with E-state index in [2.05, 4.69) is 20.6 Å². The Morgan fingerprint density at radius 1 is 0.815 bits per heavy atom. The van der Waals surface area contributed by atoms with Crippen LogP contribution in [0.2, 0.25) is 0 Å². The number of methoxy groups -OCH3 is 1. The molecule has 7 nitrogen and oxygen atoms in total. The maximum atomic E-state index is 12.5. The van der Waals surface area contributed by atoms with Crippen molar-refractivity contribution >= 4 is 11.8 Å². The minimum Gasteiger partial charge on any atom is -0.497 e. The average Bonchev–Trinajstić information content (AvgIpc) is 2.74. The zero-order chi connectivity index (χ0) is 19.1. The predicted molar refractivity (Wildman–Crippen MR) is 99.1 cm³/mol. The van der Waals surface area contributed by atoms with Crippen LogP contribution in [-0.4, -0.2) is 28.9 Å². The second-order valence-corrected chi connectivity index (χ2v) is 5.58. The van der Waals surface area contributed by atoms with E-state index in [1.54, 1.807) is 67.8 Å². The largest absolute Gasteiger partial charge is 0.497 e. The smallest absolute Gasteiger partial charge is 0.271 e. The summed E-state index contributed by atoms with van der Waals surface area (Å²) in [4.78, 5) is 33.1. The first kappa shape index (κ1) is 18.1. The number of nitrogens with one attached hydrogen (secondary N) is 2. The van der Waals surface area contributed by atoms with Gasteiger partial charge >= 0.3 is 0 Å². The van der Waals surface area contributed by atoms with Crippen molar-refractivity contribution in [3.8, 4) is 5.75 Å². The maximum Gasteiger partial charge on any atom is 0.271 e. The summed E-state index contributed by atoms with van der Waals surface area (Å²) in [7, 11) is 1.57. The molecule has 136 valence electrons. The highest BCUT2D eigenvalue weighted by Crippen LogP contribution is 2.17. The third-order valence-electron chi connectivity index (χ3n) is 3.80. The monoisotopic (exact) mass is 362 g/mol. The molecule has 0 radical (unpaired) electrons. The molecule has 0 aliphatic rings. The molecule has 0 fully saturated rings. The average molecular weight is 362 g/mol. The van der Waals surface area contributed by atoms with Gasteiger partial charge in [-0.15, -0.1) is 0 Å². The molecule has 3 aromatic rings. The van der Waals surface area contributed by atoms with Gasteiger partial charge in [0, 0.05) is 12.4 Å². The highest BCUT2D eigenvalue weighted by molar-refractivity contribution is 5.94. The molecule has 0 bridgehead atoms. The standard InChI is InChI=1S/C20H18N4O3/c1-27-15-10-8-14(9-11-15)18(23-19(25)16-6-2-4-12-21-16)24-20(26)17-7-3-5-13-22-17/h2-13,18H,1H3,(H,23,25)(H,24,26). The summed E-state index contributed by atoms with van der Waals surface area (Å²) >= 11 is 0. The summed E-state index contributed by atoms with van der Waals surface area (Å²) < 4.78 is 5.16. The van der Waals surface area contributed by atoms with Gasteiger partial charge in [-0.2, -0.15) is 0 Å². The molecule has 2 aromatic heterocycles. The Bertz CT molecular complexity index is 846. The Morgan fingerprint density at radius 3 is 1.74 bits per heavy atom. The van der Waals surface area contributed by atoms with Gasteiger partial charge < -0.3 is 15.4 Å². The van der Waals surface area contributed by atoms with E-state index in [-0.39, 0.29) is 11.4 Å². The molecule has 7 heteroatoms. The molecule has 27 heavy (non-hydrogen) atoms. The Morgan fingerprint density at radius 2 is 1.33 bits per heavy atom. The number of nitrogens with zero attached hydrogens (tertiary/aromatic N) is 2. The molecule has 0 saturated heterocycles. The van der Waals surface area contributed by atoms with Gasteiger partial charge in [0.15, 0.2) is 0 Å². The SMILES string of the molecule is COc1ccc(C(NC(=O)c2ccccn2)NC(=O)c2ccccn2)cc1. The van der Waals surface area contributed by atoms with Gasteiger partial charge in [-0.3, -0.25) is 19.6 Å². The van der Waals surface area contributed by atoms with Crippen molar-refractivity contribution in [1.82, 2.24) is 20.6 Å². The molecule has 0 saturated carbocycles. The van der Waals surface area contributed by atoms with Crippen LogP contribution in [0.1, 0.15) is 32.7 Å². The summed E-state index contributed by atoms with van der Waals surface area (Å²) in [6, 6.07) is 17.1. The fourth-order valence-electron chi connectivity index (χ4n) is 2.40. The number of aromatic nitrogens is 2. The van der Waals surface area contributed by atoms with Crippen LogP contribution in [0, 0.1) is 0 Å². The second kappa shape index (κ2) is 8.57. The normalized spacial score (nSPS) is 10.3. The lowest BCUT2D eigenvalue weighted by Crippen LogP contribution is -2.41. The summed E-state index contributed by atoms with van der Waals surface area (Å²) in [5.74, 6) is -0.139. The number of carbonyl (C=O) groups is 2. The van der Waals surface area contributed by atoms with Gasteiger partial charge in [-0.1, -0.05) is 24.3 Å². The van der Waals surface area contributed by atoms with Crippen molar-refractivity contribution in [2.45, 2.75) is 6.17 Å². The Kier molecular flexibility index (Phi) is 5.73. The molecule has 0 aliphatic carbocycles. The van der Waals surface area contributed by atoms with Gasteiger partial charge in [-0.05, 0) is 42.0 Å². The lowest BCUT2D eigenvalue weighted by molar-refractivity contribution is 0.0878. The zero-order valence-corrected chi connectivity index (χ0v) is 14.6. The summed E-state index contributed by atoms with van der Waals surface area (Å²) in [5, 5.41) is 5.57. The minimum atomic E-state index is -0.764. The number of amides is 2. The molecule has 2 N–H and O–H groups in total. The molecule has 0 spiro atoms. The van der Waals surface area contributed by atoms with Gasteiger partial charge in [0.05, 0.1) is 7.11 Å². The number of hydrogen-bond acceptors (Lipinski definition) is 5. The molecule has 1 aromatic carbocycles. The van der Waals surface area contributed by atoms with E-state index in [0.717, 1.165) is 0 Å². The highest BCUT2D eigenvalue weighted by Gasteiger charge is 2.20. The molecule has 0 unspecified atom stereocenters. The Hall–Kier alpha value is -3.74. The van der Waals surface area contributed by atoms with Crippen molar-refractivity contribution in [1.29, 1.82) is 0 Å². The summed E-state index contributed by atoms with van der Waals surface area (Å²) in [6.45, 7) is 0. The Balaban J connectivity index is 1.83. The van der Waals surface area contributed by atoms with Crippen LogP contribution in [0.25, 0.3) is 0 Å². The quantitative estimate of drug-likeness (QED) is 0.657. The van der Waals surface area contributed by atoms with Gasteiger partial charge in [0.1, 0.15) is 23.3 Å². The van der Waals surface area contributed by atoms with E-state index >= 15 is 0 Å². The zero-order valence-electron chi connectivity index (χ0n) is 14.6. The van der Waals surface area contributed by atoms with E-state index in [1.807, 2.05) is 0 Å². The molecular weight excluding hydrogens is 344 g/mol. The number of ether oxygens (including phenoxy) is 1. The number of pyridine rings is 2. The van der Waals surface area contributed by atoms with E-state index in [4.69, 9.17) is 4.74 Å². The summed E-state index contributed by atoms with van der Waals surface area (Å²) in [5.41, 5.74) is 1.19. The maximum absolute atomic E-state index is 12.5. The number of hydrogen-bond donors (Lipinski definition) is 2. The second-order valence-electron chi connectivity index (χ2n) is 5.58. The molecule has 0 atom stereocenters. The van der Waals surface area contributed by atoms with Gasteiger partial charge in [0.2, 0.25) is 0 Å². The lowest BCUT2D eigenvalue weighted by Gasteiger charge is -2.20. The van der Waals surface area contributed by atoms with Crippen LogP contribution in [0.15, 0.2) is 73.1 Å². The van der Waals surface area contributed by atoms with Gasteiger partial charge in [0.25, 0.3) is 11.8 Å². The fraction of sp³-hybridized carbons (Fsp3) is 0.100. The van der Waals surface area contributed by atoms with Crippen molar-refractivity contribution in [3.05, 3.63) is 90.0 Å². The van der Waals surface area contributed by atoms with Crippen LogP contribution in [-0.2, 0) is 0 Å². The highest BCUT2D eigenvalue weighted by atomic mass is 16.5. The van der Waals surface area contributed by atoms with E-state index in [9.17, 15) is 9.59 Å². The topological polar surface area (TPSA) is 93.2 Å². The van der Waals surface area contributed by atoms with Crippen LogP contribution in [0.3, 0.4) is 0 Å². The number of carbonyl (C=O) groups excluding carboxylic acids is 2. The van der Waals surface area contributed by atoms with Crippen molar-refractivity contribution in [3.63, 3.8) is 0 Å². The molecular formula is C20H18N4O3. The van der Waals surface area contributed by atoms with Crippen molar-refractivity contribution in [2.75, 3.05) is 7.11 Å². The first-order chi connectivity index (χ1) is 13.2. The van der Waals surface area contributed by atoms with Crippen LogP contribution in [0.4, 0.5) is 0 Å². The third kappa shape index (κ3) is 4.66. The molecule has 2 heterocycles. The number of rotatable bonds is 6. The van der Waals surface area contributed by atoms with E-state index in [1.165, 1.54) is 12.4 Å². The van der Waals surface area contributed by atoms with E-state index < -0.39 is 18.0 Å². The van der Waals surface area contributed by atoms with Crippen molar-refractivity contribution < 1.29 is 14.3 Å². The van der Waals surface area contributed by atoms with Crippen molar-refractivity contribution in [2.24, 2.45) is 0 Å². The minimum absolute atomic E-state index is 0.253.